The van der Waals surface area contributed by atoms with Crippen LogP contribution in [0.15, 0.2) is 21.0 Å². The lowest BCUT2D eigenvalue weighted by atomic mass is 9.84. The van der Waals surface area contributed by atoms with E-state index in [1.165, 1.54) is 16.5 Å². The van der Waals surface area contributed by atoms with E-state index in [2.05, 4.69) is 68.0 Å². The first-order valence-electron chi connectivity index (χ1n) is 6.77. The van der Waals surface area contributed by atoms with Crippen molar-refractivity contribution >= 4 is 26.9 Å². The van der Waals surface area contributed by atoms with Crippen molar-refractivity contribution in [1.29, 1.82) is 0 Å². The van der Waals surface area contributed by atoms with Crippen LogP contribution in [0, 0.1) is 6.92 Å². The standard InChI is InChI=1S/C16H22BrNO/c1-6-18-9-13-14(16(3,4)5)11-7-10(2)8-12(17)15(11)19-13/h7-8,18H,6,9H2,1-5H3. The Kier molecular flexibility index (Phi) is 4.07. The maximum atomic E-state index is 6.10. The summed E-state index contributed by atoms with van der Waals surface area (Å²) in [5.74, 6) is 1.05. The highest BCUT2D eigenvalue weighted by molar-refractivity contribution is 9.10. The second-order valence-corrected chi connectivity index (χ2v) is 6.91. The third kappa shape index (κ3) is 2.87. The van der Waals surface area contributed by atoms with Gasteiger partial charge < -0.3 is 9.73 Å². The molecule has 104 valence electrons. The van der Waals surface area contributed by atoms with Gasteiger partial charge in [0.1, 0.15) is 11.3 Å². The number of rotatable bonds is 3. The second kappa shape index (κ2) is 5.29. The minimum absolute atomic E-state index is 0.0727. The van der Waals surface area contributed by atoms with Crippen LogP contribution in [0.2, 0.25) is 0 Å². The molecule has 1 N–H and O–H groups in total. The third-order valence-electron chi connectivity index (χ3n) is 3.25. The maximum absolute atomic E-state index is 6.10. The van der Waals surface area contributed by atoms with Gasteiger partial charge in [-0.1, -0.05) is 27.7 Å². The monoisotopic (exact) mass is 323 g/mol. The first kappa shape index (κ1) is 14.6. The molecule has 0 aliphatic heterocycles. The van der Waals surface area contributed by atoms with Crippen LogP contribution in [-0.2, 0) is 12.0 Å². The van der Waals surface area contributed by atoms with Gasteiger partial charge in [-0.3, -0.25) is 0 Å². The van der Waals surface area contributed by atoms with E-state index in [4.69, 9.17) is 4.42 Å². The predicted molar refractivity (Wildman–Crippen MR) is 84.7 cm³/mol. The Morgan fingerprint density at radius 3 is 2.53 bits per heavy atom. The van der Waals surface area contributed by atoms with E-state index >= 15 is 0 Å². The first-order valence-corrected chi connectivity index (χ1v) is 7.56. The van der Waals surface area contributed by atoms with Gasteiger partial charge in [-0.2, -0.15) is 0 Å². The molecule has 0 aliphatic carbocycles. The van der Waals surface area contributed by atoms with Crippen molar-refractivity contribution in [3.05, 3.63) is 33.5 Å². The normalized spacial score (nSPS) is 12.3. The Labute approximate surface area is 123 Å². The summed E-state index contributed by atoms with van der Waals surface area (Å²) >= 11 is 3.62. The molecule has 0 amide bonds. The SMILES string of the molecule is CCNCc1oc2c(Br)cc(C)cc2c1C(C)(C)C. The van der Waals surface area contributed by atoms with Crippen molar-refractivity contribution in [2.45, 2.75) is 46.6 Å². The molecule has 2 aromatic rings. The fraction of sp³-hybridized carbons (Fsp3) is 0.500. The van der Waals surface area contributed by atoms with E-state index < -0.39 is 0 Å². The molecule has 1 aromatic heterocycles. The molecule has 0 fully saturated rings. The number of hydrogen-bond donors (Lipinski definition) is 1. The first-order chi connectivity index (χ1) is 8.84. The molecule has 1 aromatic carbocycles. The summed E-state index contributed by atoms with van der Waals surface area (Å²) in [6.45, 7) is 12.7. The van der Waals surface area contributed by atoms with Gasteiger partial charge in [0.05, 0.1) is 11.0 Å². The second-order valence-electron chi connectivity index (χ2n) is 6.05. The molecule has 0 saturated carbocycles. The van der Waals surface area contributed by atoms with E-state index in [-0.39, 0.29) is 5.41 Å². The zero-order valence-electron chi connectivity index (χ0n) is 12.4. The minimum atomic E-state index is 0.0727. The predicted octanol–water partition coefficient (Wildman–Crippen LogP) is 4.91. The van der Waals surface area contributed by atoms with E-state index in [1.54, 1.807) is 0 Å². The average Bonchev–Trinajstić information content (AvgIpc) is 2.64. The third-order valence-corrected chi connectivity index (χ3v) is 3.84. The summed E-state index contributed by atoms with van der Waals surface area (Å²) in [6.07, 6.45) is 0. The molecule has 0 atom stereocenters. The van der Waals surface area contributed by atoms with Crippen LogP contribution >= 0.6 is 15.9 Å². The fourth-order valence-electron chi connectivity index (χ4n) is 2.53. The molecule has 1 heterocycles. The smallest absolute Gasteiger partial charge is 0.148 e. The van der Waals surface area contributed by atoms with Gasteiger partial charge in [-0.15, -0.1) is 0 Å². The van der Waals surface area contributed by atoms with E-state index in [0.29, 0.717) is 0 Å². The lowest BCUT2D eigenvalue weighted by molar-refractivity contribution is 0.486. The van der Waals surface area contributed by atoms with Gasteiger partial charge in [-0.25, -0.2) is 0 Å². The van der Waals surface area contributed by atoms with Gasteiger partial charge >= 0.3 is 0 Å². The fourth-order valence-corrected chi connectivity index (χ4v) is 3.18. The lowest BCUT2D eigenvalue weighted by Gasteiger charge is -2.19. The Morgan fingerprint density at radius 2 is 1.95 bits per heavy atom. The lowest BCUT2D eigenvalue weighted by Crippen LogP contribution is -2.18. The molecule has 0 saturated heterocycles. The van der Waals surface area contributed by atoms with Gasteiger partial charge in [-0.05, 0) is 52.5 Å². The van der Waals surface area contributed by atoms with Gasteiger partial charge in [0.15, 0.2) is 0 Å². The molecular formula is C16H22BrNO. The number of nitrogens with one attached hydrogen (secondary N) is 1. The molecule has 0 unspecified atom stereocenters. The Morgan fingerprint density at radius 1 is 1.26 bits per heavy atom. The molecule has 0 bridgehead atoms. The highest BCUT2D eigenvalue weighted by Gasteiger charge is 2.25. The number of benzene rings is 1. The summed E-state index contributed by atoms with van der Waals surface area (Å²) in [4.78, 5) is 0. The number of furan rings is 1. The van der Waals surface area contributed by atoms with Crippen LogP contribution in [0.4, 0.5) is 0 Å². The molecule has 0 aliphatic rings. The molecule has 19 heavy (non-hydrogen) atoms. The molecule has 0 radical (unpaired) electrons. The topological polar surface area (TPSA) is 25.2 Å². The van der Waals surface area contributed by atoms with Crippen LogP contribution in [0.1, 0.15) is 44.6 Å². The van der Waals surface area contributed by atoms with Gasteiger partial charge in [0.2, 0.25) is 0 Å². The van der Waals surface area contributed by atoms with E-state index in [0.717, 1.165) is 28.9 Å². The van der Waals surface area contributed by atoms with Gasteiger partial charge in [0, 0.05) is 10.9 Å². The zero-order valence-corrected chi connectivity index (χ0v) is 13.9. The Bertz CT molecular complexity index is 593. The highest BCUT2D eigenvalue weighted by atomic mass is 79.9. The van der Waals surface area contributed by atoms with Crippen molar-refractivity contribution in [3.63, 3.8) is 0 Å². The quantitative estimate of drug-likeness (QED) is 0.868. The average molecular weight is 324 g/mol. The van der Waals surface area contributed by atoms with Crippen molar-refractivity contribution in [2.24, 2.45) is 0 Å². The van der Waals surface area contributed by atoms with Crippen molar-refractivity contribution in [3.8, 4) is 0 Å². The molecule has 2 nitrogen and oxygen atoms in total. The van der Waals surface area contributed by atoms with Crippen molar-refractivity contribution in [2.75, 3.05) is 6.54 Å². The summed E-state index contributed by atoms with van der Waals surface area (Å²) in [5.41, 5.74) is 3.60. The van der Waals surface area contributed by atoms with Gasteiger partial charge in [0.25, 0.3) is 0 Å². The number of hydrogen-bond acceptors (Lipinski definition) is 2. The minimum Gasteiger partial charge on any atom is -0.458 e. The molecule has 0 spiro atoms. The molecule has 2 rings (SSSR count). The van der Waals surface area contributed by atoms with E-state index in [9.17, 15) is 0 Å². The molecule has 3 heteroatoms. The van der Waals surface area contributed by atoms with Crippen LogP contribution in [0.3, 0.4) is 0 Å². The molecular weight excluding hydrogens is 302 g/mol. The summed E-state index contributed by atoms with van der Waals surface area (Å²) in [5, 5.41) is 4.59. The van der Waals surface area contributed by atoms with E-state index in [1.807, 2.05) is 0 Å². The van der Waals surface area contributed by atoms with Crippen LogP contribution in [-0.4, -0.2) is 6.54 Å². The number of fused-ring (bicyclic) bond motifs is 1. The summed E-state index contributed by atoms with van der Waals surface area (Å²) in [6, 6.07) is 4.33. The van der Waals surface area contributed by atoms with Crippen LogP contribution in [0.25, 0.3) is 11.0 Å². The highest BCUT2D eigenvalue weighted by Crippen LogP contribution is 2.39. The van der Waals surface area contributed by atoms with Crippen LogP contribution in [0.5, 0.6) is 0 Å². The number of aryl methyl sites for hydroxylation is 1. The summed E-state index contributed by atoms with van der Waals surface area (Å²) < 4.78 is 7.14. The Balaban J connectivity index is 2.70. The largest absolute Gasteiger partial charge is 0.458 e. The maximum Gasteiger partial charge on any atom is 0.148 e. The van der Waals surface area contributed by atoms with Crippen molar-refractivity contribution in [1.82, 2.24) is 5.32 Å². The zero-order chi connectivity index (χ0) is 14.2. The van der Waals surface area contributed by atoms with Crippen molar-refractivity contribution < 1.29 is 4.42 Å². The Hall–Kier alpha value is -0.800. The summed E-state index contributed by atoms with van der Waals surface area (Å²) in [7, 11) is 0. The number of halogens is 1. The van der Waals surface area contributed by atoms with Crippen LogP contribution < -0.4 is 5.32 Å².